The highest BCUT2D eigenvalue weighted by Gasteiger charge is 2.37. The Morgan fingerprint density at radius 2 is 1.81 bits per heavy atom. The highest BCUT2D eigenvalue weighted by Crippen LogP contribution is 2.33. The van der Waals surface area contributed by atoms with Crippen LogP contribution in [0.3, 0.4) is 0 Å². The molecule has 0 fully saturated rings. The van der Waals surface area contributed by atoms with Crippen molar-refractivity contribution in [2.45, 2.75) is 26.4 Å². The minimum atomic E-state index is -0.712. The Bertz CT molecular complexity index is 994. The fraction of sp³-hybridized carbons (Fsp3) is 0.190. The summed E-state index contributed by atoms with van der Waals surface area (Å²) in [4.78, 5) is 33.2. The van der Waals surface area contributed by atoms with E-state index < -0.39 is 6.04 Å². The molecule has 27 heavy (non-hydrogen) atoms. The van der Waals surface area contributed by atoms with E-state index in [2.05, 4.69) is 10.3 Å². The number of anilines is 1. The Morgan fingerprint density at radius 3 is 2.48 bits per heavy atom. The van der Waals surface area contributed by atoms with Crippen LogP contribution < -0.4 is 5.32 Å². The van der Waals surface area contributed by atoms with Crippen molar-refractivity contribution in [2.75, 3.05) is 5.32 Å². The fourth-order valence-electron chi connectivity index (χ4n) is 3.29. The molecule has 0 bridgehead atoms. The van der Waals surface area contributed by atoms with Crippen molar-refractivity contribution in [3.05, 3.63) is 81.9 Å². The molecule has 5 nitrogen and oxygen atoms in total. The molecule has 1 aliphatic heterocycles. The Labute approximate surface area is 161 Å². The number of nitrogens with one attached hydrogen (secondary N) is 1. The Morgan fingerprint density at radius 1 is 1.11 bits per heavy atom. The molecule has 136 valence electrons. The molecule has 3 aromatic rings. The third kappa shape index (κ3) is 3.24. The molecule has 1 N–H and O–H groups in total. The number of nitrogens with zero attached hydrogens (tertiary/aromatic N) is 2. The molecule has 0 aliphatic carbocycles. The van der Waals surface area contributed by atoms with Crippen LogP contribution in [0.4, 0.5) is 5.13 Å². The van der Waals surface area contributed by atoms with Crippen LogP contribution in [-0.4, -0.2) is 21.7 Å². The fourth-order valence-corrected chi connectivity index (χ4v) is 4.11. The van der Waals surface area contributed by atoms with Crippen molar-refractivity contribution in [2.24, 2.45) is 0 Å². The summed E-state index contributed by atoms with van der Waals surface area (Å²) in [5.41, 5.74) is 3.28. The molecule has 1 aromatic heterocycles. The van der Waals surface area contributed by atoms with E-state index in [0.29, 0.717) is 17.2 Å². The van der Waals surface area contributed by atoms with Gasteiger partial charge in [-0.2, -0.15) is 0 Å². The van der Waals surface area contributed by atoms with Crippen LogP contribution in [0.5, 0.6) is 0 Å². The normalized spacial score (nSPS) is 14.1. The number of aromatic nitrogens is 1. The van der Waals surface area contributed by atoms with Crippen LogP contribution in [0.15, 0.2) is 54.6 Å². The van der Waals surface area contributed by atoms with E-state index in [-0.39, 0.29) is 11.8 Å². The van der Waals surface area contributed by atoms with Crippen LogP contribution in [0.2, 0.25) is 0 Å². The number of fused-ring (bicyclic) bond motifs is 1. The largest absolute Gasteiger partial charge is 0.318 e. The zero-order chi connectivity index (χ0) is 19.0. The second-order valence-electron chi connectivity index (χ2n) is 6.55. The topological polar surface area (TPSA) is 62.3 Å². The molecule has 0 unspecified atom stereocenters. The summed E-state index contributed by atoms with van der Waals surface area (Å²) in [6.07, 6.45) is 0. The van der Waals surface area contributed by atoms with Gasteiger partial charge in [-0.15, -0.1) is 11.3 Å². The number of rotatable bonds is 4. The molecule has 2 heterocycles. The maximum absolute atomic E-state index is 13.2. The summed E-state index contributed by atoms with van der Waals surface area (Å²) in [5, 5.41) is 3.46. The standard InChI is InChI=1S/C21H19N3O2S/c1-13-14(2)27-21(22-13)23-19(25)18(15-8-4-3-5-9-15)24-12-16-10-6-7-11-17(16)20(24)26/h3-11,18H,12H2,1-2H3,(H,22,23,25)/t18-/m0/s1. The summed E-state index contributed by atoms with van der Waals surface area (Å²) in [7, 11) is 0. The minimum absolute atomic E-state index is 0.124. The van der Waals surface area contributed by atoms with Crippen molar-refractivity contribution in [1.82, 2.24) is 9.88 Å². The van der Waals surface area contributed by atoms with Gasteiger partial charge in [-0.1, -0.05) is 48.5 Å². The van der Waals surface area contributed by atoms with Gasteiger partial charge in [0.25, 0.3) is 11.8 Å². The summed E-state index contributed by atoms with van der Waals surface area (Å²) >= 11 is 1.44. The number of aryl methyl sites for hydroxylation is 2. The molecule has 0 saturated carbocycles. The number of hydrogen-bond donors (Lipinski definition) is 1. The van der Waals surface area contributed by atoms with Crippen molar-refractivity contribution in [3.8, 4) is 0 Å². The van der Waals surface area contributed by atoms with E-state index in [0.717, 1.165) is 21.7 Å². The van der Waals surface area contributed by atoms with Gasteiger partial charge in [0.05, 0.1) is 5.69 Å². The summed E-state index contributed by atoms with van der Waals surface area (Å²) in [6, 6.07) is 16.2. The van der Waals surface area contributed by atoms with Gasteiger partial charge in [0, 0.05) is 17.0 Å². The molecule has 4 rings (SSSR count). The number of hydrogen-bond acceptors (Lipinski definition) is 4. The van der Waals surface area contributed by atoms with Crippen molar-refractivity contribution in [1.29, 1.82) is 0 Å². The monoisotopic (exact) mass is 377 g/mol. The lowest BCUT2D eigenvalue weighted by molar-refractivity contribution is -0.120. The third-order valence-corrected chi connectivity index (χ3v) is 5.77. The van der Waals surface area contributed by atoms with Gasteiger partial charge in [-0.25, -0.2) is 4.98 Å². The van der Waals surface area contributed by atoms with E-state index in [1.165, 1.54) is 11.3 Å². The molecular weight excluding hydrogens is 358 g/mol. The highest BCUT2D eigenvalue weighted by atomic mass is 32.1. The van der Waals surface area contributed by atoms with Gasteiger partial charge in [0.2, 0.25) is 0 Å². The first-order valence-electron chi connectivity index (χ1n) is 8.73. The van der Waals surface area contributed by atoms with E-state index in [1.807, 2.05) is 68.4 Å². The maximum Gasteiger partial charge on any atom is 0.255 e. The van der Waals surface area contributed by atoms with Crippen molar-refractivity contribution < 1.29 is 9.59 Å². The van der Waals surface area contributed by atoms with E-state index >= 15 is 0 Å². The van der Waals surface area contributed by atoms with Gasteiger partial charge in [-0.3, -0.25) is 14.9 Å². The van der Waals surface area contributed by atoms with E-state index in [4.69, 9.17) is 0 Å². The van der Waals surface area contributed by atoms with Gasteiger partial charge in [0.1, 0.15) is 6.04 Å². The van der Waals surface area contributed by atoms with Crippen molar-refractivity contribution in [3.63, 3.8) is 0 Å². The maximum atomic E-state index is 13.2. The molecule has 1 aliphatic rings. The summed E-state index contributed by atoms with van der Waals surface area (Å²) in [5.74, 6) is -0.378. The first-order valence-corrected chi connectivity index (χ1v) is 9.55. The molecule has 0 spiro atoms. The second kappa shape index (κ2) is 6.96. The Balaban J connectivity index is 1.68. The van der Waals surface area contributed by atoms with Crippen LogP contribution in [0.25, 0.3) is 0 Å². The number of carbonyl (C=O) groups excluding carboxylic acids is 2. The third-order valence-electron chi connectivity index (χ3n) is 4.78. The van der Waals surface area contributed by atoms with Crippen LogP contribution in [-0.2, 0) is 11.3 Å². The van der Waals surface area contributed by atoms with Crippen LogP contribution in [0.1, 0.15) is 38.1 Å². The Kier molecular flexibility index (Phi) is 4.49. The SMILES string of the molecule is Cc1nc(NC(=O)[C@H](c2ccccc2)N2Cc3ccccc3C2=O)sc1C. The van der Waals surface area contributed by atoms with Crippen LogP contribution >= 0.6 is 11.3 Å². The number of amides is 2. The minimum Gasteiger partial charge on any atom is -0.318 e. The summed E-state index contributed by atoms with van der Waals surface area (Å²) in [6.45, 7) is 4.30. The molecule has 0 saturated heterocycles. The Hall–Kier alpha value is -2.99. The lowest BCUT2D eigenvalue weighted by Crippen LogP contribution is -2.37. The highest BCUT2D eigenvalue weighted by molar-refractivity contribution is 7.15. The van der Waals surface area contributed by atoms with Crippen LogP contribution in [0, 0.1) is 13.8 Å². The molecule has 0 radical (unpaired) electrons. The first kappa shape index (κ1) is 17.4. The summed E-state index contributed by atoms with van der Waals surface area (Å²) < 4.78 is 0. The van der Waals surface area contributed by atoms with Gasteiger partial charge in [-0.05, 0) is 31.0 Å². The van der Waals surface area contributed by atoms with E-state index in [9.17, 15) is 9.59 Å². The average molecular weight is 377 g/mol. The smallest absolute Gasteiger partial charge is 0.255 e. The number of carbonyl (C=O) groups is 2. The molecular formula is C21H19N3O2S. The van der Waals surface area contributed by atoms with Gasteiger partial charge >= 0.3 is 0 Å². The second-order valence-corrected chi connectivity index (χ2v) is 7.76. The van der Waals surface area contributed by atoms with Gasteiger partial charge < -0.3 is 4.90 Å². The van der Waals surface area contributed by atoms with Gasteiger partial charge in [0.15, 0.2) is 5.13 Å². The number of benzene rings is 2. The zero-order valence-electron chi connectivity index (χ0n) is 15.1. The molecule has 1 atom stereocenters. The van der Waals surface area contributed by atoms with E-state index in [1.54, 1.807) is 4.90 Å². The average Bonchev–Trinajstić information content (AvgIpc) is 3.16. The van der Waals surface area contributed by atoms with Crippen molar-refractivity contribution >= 4 is 28.3 Å². The lowest BCUT2D eigenvalue weighted by atomic mass is 10.0. The first-order chi connectivity index (χ1) is 13.0. The number of thiazole rings is 1. The predicted octanol–water partition coefficient (Wildman–Crippen LogP) is 4.10. The predicted molar refractivity (Wildman–Crippen MR) is 106 cm³/mol. The molecule has 2 amide bonds. The quantitative estimate of drug-likeness (QED) is 0.745. The lowest BCUT2D eigenvalue weighted by Gasteiger charge is -2.27. The zero-order valence-corrected chi connectivity index (χ0v) is 15.9. The molecule has 2 aromatic carbocycles. The molecule has 6 heteroatoms.